The summed E-state index contributed by atoms with van der Waals surface area (Å²) in [6.45, 7) is 3.28. The molecule has 0 aromatic heterocycles. The van der Waals surface area contributed by atoms with Crippen LogP contribution in [0.1, 0.15) is 6.92 Å². The summed E-state index contributed by atoms with van der Waals surface area (Å²) in [4.78, 5) is 6.77. The summed E-state index contributed by atoms with van der Waals surface area (Å²) in [6.07, 6.45) is 0. The third kappa shape index (κ3) is 2.45. The van der Waals surface area contributed by atoms with Crippen LogP contribution in [-0.4, -0.2) is 28.9 Å². The standard InChI is InChI=1S/C11H15N3S/c1-8-7-14(2)11(15-8)13-10-5-3-9(12)4-6-10/h3-6,8H,7,12H2,1-2H3. The van der Waals surface area contributed by atoms with Crippen LogP contribution in [0.4, 0.5) is 11.4 Å². The van der Waals surface area contributed by atoms with E-state index in [4.69, 9.17) is 5.73 Å². The molecule has 4 heteroatoms. The molecule has 1 aromatic carbocycles. The minimum absolute atomic E-state index is 0.627. The van der Waals surface area contributed by atoms with Crippen molar-refractivity contribution in [2.45, 2.75) is 12.2 Å². The van der Waals surface area contributed by atoms with Crippen LogP contribution in [0.3, 0.4) is 0 Å². The number of aliphatic imine (C=N–C) groups is 1. The largest absolute Gasteiger partial charge is 0.399 e. The maximum atomic E-state index is 5.62. The van der Waals surface area contributed by atoms with E-state index in [1.165, 1.54) is 0 Å². The number of nitrogens with two attached hydrogens (primary N) is 1. The van der Waals surface area contributed by atoms with Crippen molar-refractivity contribution in [1.82, 2.24) is 4.90 Å². The van der Waals surface area contributed by atoms with Crippen molar-refractivity contribution < 1.29 is 0 Å². The minimum Gasteiger partial charge on any atom is -0.399 e. The number of hydrogen-bond acceptors (Lipinski definition) is 3. The molecule has 15 heavy (non-hydrogen) atoms. The maximum absolute atomic E-state index is 5.62. The Morgan fingerprint density at radius 1 is 1.40 bits per heavy atom. The number of rotatable bonds is 1. The smallest absolute Gasteiger partial charge is 0.164 e. The van der Waals surface area contributed by atoms with Gasteiger partial charge in [-0.05, 0) is 24.3 Å². The van der Waals surface area contributed by atoms with Gasteiger partial charge in [-0.1, -0.05) is 18.7 Å². The molecule has 0 bridgehead atoms. The zero-order chi connectivity index (χ0) is 10.8. The normalized spacial score (nSPS) is 23.7. The summed E-state index contributed by atoms with van der Waals surface area (Å²) >= 11 is 1.82. The van der Waals surface area contributed by atoms with Gasteiger partial charge in [0, 0.05) is 24.5 Å². The summed E-state index contributed by atoms with van der Waals surface area (Å²) in [5.74, 6) is 0. The third-order valence-corrected chi connectivity index (χ3v) is 3.45. The number of anilines is 1. The quantitative estimate of drug-likeness (QED) is 0.740. The lowest BCUT2D eigenvalue weighted by Crippen LogP contribution is -2.19. The van der Waals surface area contributed by atoms with E-state index in [9.17, 15) is 0 Å². The molecule has 80 valence electrons. The van der Waals surface area contributed by atoms with Gasteiger partial charge in [-0.15, -0.1) is 0 Å². The topological polar surface area (TPSA) is 41.6 Å². The lowest BCUT2D eigenvalue weighted by Gasteiger charge is -2.09. The lowest BCUT2D eigenvalue weighted by atomic mass is 10.3. The second-order valence-electron chi connectivity index (χ2n) is 3.79. The van der Waals surface area contributed by atoms with Crippen molar-refractivity contribution in [3.63, 3.8) is 0 Å². The van der Waals surface area contributed by atoms with Crippen molar-refractivity contribution in [1.29, 1.82) is 0 Å². The van der Waals surface area contributed by atoms with Gasteiger partial charge in [-0.2, -0.15) is 0 Å². The van der Waals surface area contributed by atoms with E-state index in [1.54, 1.807) is 0 Å². The molecule has 3 nitrogen and oxygen atoms in total. The fourth-order valence-electron chi connectivity index (χ4n) is 1.54. The molecule has 0 radical (unpaired) electrons. The number of hydrogen-bond donors (Lipinski definition) is 1. The van der Waals surface area contributed by atoms with E-state index in [1.807, 2.05) is 36.0 Å². The molecule has 1 aromatic rings. The predicted molar refractivity (Wildman–Crippen MR) is 67.6 cm³/mol. The van der Waals surface area contributed by atoms with Crippen LogP contribution in [0.2, 0.25) is 0 Å². The predicted octanol–water partition coefficient (Wildman–Crippen LogP) is 2.32. The molecule has 2 N–H and O–H groups in total. The van der Waals surface area contributed by atoms with Crippen LogP contribution in [0.25, 0.3) is 0 Å². The van der Waals surface area contributed by atoms with Crippen molar-refractivity contribution in [3.05, 3.63) is 24.3 Å². The number of nitrogens with zero attached hydrogens (tertiary/aromatic N) is 2. The molecule has 1 aliphatic rings. The Morgan fingerprint density at radius 3 is 2.60 bits per heavy atom. The number of amidine groups is 1. The van der Waals surface area contributed by atoms with Crippen LogP contribution in [0.15, 0.2) is 29.3 Å². The SMILES string of the molecule is CC1CN(C)C(=Nc2ccc(N)cc2)S1. The highest BCUT2D eigenvalue weighted by Crippen LogP contribution is 2.26. The molecule has 0 aliphatic carbocycles. The summed E-state index contributed by atoms with van der Waals surface area (Å²) in [6, 6.07) is 7.64. The third-order valence-electron chi connectivity index (χ3n) is 2.28. The first-order valence-corrected chi connectivity index (χ1v) is 5.85. The fraction of sp³-hybridized carbons (Fsp3) is 0.364. The Bertz CT molecular complexity index is 372. The molecule has 1 fully saturated rings. The zero-order valence-electron chi connectivity index (χ0n) is 8.97. The molecular weight excluding hydrogens is 206 g/mol. The van der Waals surface area contributed by atoms with Gasteiger partial charge in [0.15, 0.2) is 5.17 Å². The van der Waals surface area contributed by atoms with Gasteiger partial charge in [0.1, 0.15) is 0 Å². The zero-order valence-corrected chi connectivity index (χ0v) is 9.79. The Balaban J connectivity index is 2.19. The Labute approximate surface area is 94.4 Å². The second kappa shape index (κ2) is 4.14. The highest BCUT2D eigenvalue weighted by Gasteiger charge is 2.22. The molecule has 0 spiro atoms. The van der Waals surface area contributed by atoms with Crippen LogP contribution >= 0.6 is 11.8 Å². The van der Waals surface area contributed by atoms with Crippen molar-refractivity contribution in [2.75, 3.05) is 19.3 Å². The van der Waals surface area contributed by atoms with E-state index in [-0.39, 0.29) is 0 Å². The van der Waals surface area contributed by atoms with E-state index >= 15 is 0 Å². The van der Waals surface area contributed by atoms with Gasteiger partial charge in [0.05, 0.1) is 5.69 Å². The van der Waals surface area contributed by atoms with Crippen molar-refractivity contribution in [3.8, 4) is 0 Å². The fourth-order valence-corrected chi connectivity index (χ4v) is 2.61. The van der Waals surface area contributed by atoms with Crippen LogP contribution in [-0.2, 0) is 0 Å². The van der Waals surface area contributed by atoms with Crippen LogP contribution < -0.4 is 5.73 Å². The number of benzene rings is 1. The van der Waals surface area contributed by atoms with E-state index in [0.717, 1.165) is 23.1 Å². The molecule has 0 amide bonds. The summed E-state index contributed by atoms with van der Waals surface area (Å²) in [5.41, 5.74) is 7.36. The van der Waals surface area contributed by atoms with Crippen LogP contribution in [0.5, 0.6) is 0 Å². The Morgan fingerprint density at radius 2 is 2.07 bits per heavy atom. The Hall–Kier alpha value is -1.16. The van der Waals surface area contributed by atoms with Crippen molar-refractivity contribution in [2.24, 2.45) is 4.99 Å². The van der Waals surface area contributed by atoms with Crippen molar-refractivity contribution >= 4 is 28.3 Å². The van der Waals surface area contributed by atoms with E-state index < -0.39 is 0 Å². The monoisotopic (exact) mass is 221 g/mol. The summed E-state index contributed by atoms with van der Waals surface area (Å²) in [5, 5.41) is 1.72. The number of nitrogen functional groups attached to an aromatic ring is 1. The molecule has 2 rings (SSSR count). The summed E-state index contributed by atoms with van der Waals surface area (Å²) in [7, 11) is 2.08. The first-order valence-electron chi connectivity index (χ1n) is 4.97. The van der Waals surface area contributed by atoms with E-state index in [2.05, 4.69) is 23.9 Å². The molecule has 0 saturated carbocycles. The molecule has 1 unspecified atom stereocenters. The molecule has 1 atom stereocenters. The molecule has 1 saturated heterocycles. The summed E-state index contributed by atoms with van der Waals surface area (Å²) < 4.78 is 0. The molecular formula is C11H15N3S. The average Bonchev–Trinajstić information content (AvgIpc) is 2.49. The maximum Gasteiger partial charge on any atom is 0.164 e. The number of thioether (sulfide) groups is 1. The van der Waals surface area contributed by atoms with Gasteiger partial charge >= 0.3 is 0 Å². The highest BCUT2D eigenvalue weighted by atomic mass is 32.2. The van der Waals surface area contributed by atoms with Gasteiger partial charge in [0.2, 0.25) is 0 Å². The minimum atomic E-state index is 0.627. The lowest BCUT2D eigenvalue weighted by molar-refractivity contribution is 0.533. The van der Waals surface area contributed by atoms with Gasteiger partial charge in [-0.25, -0.2) is 4.99 Å². The highest BCUT2D eigenvalue weighted by molar-refractivity contribution is 8.14. The molecule has 1 heterocycles. The first-order chi connectivity index (χ1) is 7.15. The van der Waals surface area contributed by atoms with Crippen LogP contribution in [0, 0.1) is 0 Å². The second-order valence-corrected chi connectivity index (χ2v) is 5.20. The first kappa shape index (κ1) is 10.4. The van der Waals surface area contributed by atoms with Gasteiger partial charge < -0.3 is 10.6 Å². The average molecular weight is 221 g/mol. The Kier molecular flexibility index (Phi) is 2.86. The van der Waals surface area contributed by atoms with Gasteiger partial charge in [0.25, 0.3) is 0 Å². The van der Waals surface area contributed by atoms with Gasteiger partial charge in [-0.3, -0.25) is 0 Å². The molecule has 1 aliphatic heterocycles. The van der Waals surface area contributed by atoms with E-state index in [0.29, 0.717) is 5.25 Å².